The van der Waals surface area contributed by atoms with Gasteiger partial charge in [-0.2, -0.15) is 0 Å². The molecule has 18 heavy (non-hydrogen) atoms. The quantitative estimate of drug-likeness (QED) is 0.805. The summed E-state index contributed by atoms with van der Waals surface area (Å²) in [5, 5.41) is 4.97. The van der Waals surface area contributed by atoms with Crippen LogP contribution in [0.5, 0.6) is 0 Å². The van der Waals surface area contributed by atoms with E-state index in [1.165, 1.54) is 27.7 Å². The van der Waals surface area contributed by atoms with E-state index in [1.807, 2.05) is 0 Å². The molecule has 2 aromatic rings. The highest BCUT2D eigenvalue weighted by Crippen LogP contribution is 2.26. The van der Waals surface area contributed by atoms with Gasteiger partial charge in [-0.1, -0.05) is 6.07 Å². The van der Waals surface area contributed by atoms with E-state index in [0.29, 0.717) is 6.04 Å². The van der Waals surface area contributed by atoms with Gasteiger partial charge in [-0.3, -0.25) is 0 Å². The van der Waals surface area contributed by atoms with Crippen molar-refractivity contribution < 1.29 is 0 Å². The maximum atomic E-state index is 3.60. The molecule has 1 fully saturated rings. The van der Waals surface area contributed by atoms with Crippen molar-refractivity contribution >= 4 is 10.9 Å². The van der Waals surface area contributed by atoms with Gasteiger partial charge in [0.25, 0.3) is 0 Å². The highest BCUT2D eigenvalue weighted by Gasteiger charge is 2.18. The fourth-order valence-corrected chi connectivity index (χ4v) is 2.82. The molecule has 1 aromatic heterocycles. The molecule has 1 aliphatic rings. The number of rotatable bonds is 1. The summed E-state index contributed by atoms with van der Waals surface area (Å²) in [6.07, 6.45) is 0. The molecule has 2 N–H and O–H groups in total. The number of aromatic nitrogens is 1. The molecule has 0 saturated carbocycles. The van der Waals surface area contributed by atoms with Gasteiger partial charge >= 0.3 is 0 Å². The fraction of sp³-hybridized carbons (Fsp3) is 0.467. The molecule has 0 aliphatic carbocycles. The summed E-state index contributed by atoms with van der Waals surface area (Å²) in [5.41, 5.74) is 5.29. The molecule has 1 unspecified atom stereocenters. The first kappa shape index (κ1) is 11.8. The molecule has 0 amide bonds. The van der Waals surface area contributed by atoms with Crippen LogP contribution >= 0.6 is 0 Å². The summed E-state index contributed by atoms with van der Waals surface area (Å²) < 4.78 is 0. The fourth-order valence-electron chi connectivity index (χ4n) is 2.82. The van der Waals surface area contributed by atoms with E-state index < -0.39 is 0 Å². The predicted octanol–water partition coefficient (Wildman–Crippen LogP) is 2.36. The highest BCUT2D eigenvalue weighted by molar-refractivity contribution is 5.85. The minimum Gasteiger partial charge on any atom is -0.358 e. The lowest BCUT2D eigenvalue weighted by Gasteiger charge is -2.31. The molecule has 3 nitrogen and oxygen atoms in total. The van der Waals surface area contributed by atoms with Crippen LogP contribution in [-0.2, 0) is 0 Å². The van der Waals surface area contributed by atoms with E-state index >= 15 is 0 Å². The zero-order chi connectivity index (χ0) is 12.7. The molecule has 0 bridgehead atoms. The molecule has 96 valence electrons. The Kier molecular flexibility index (Phi) is 2.88. The van der Waals surface area contributed by atoms with Gasteiger partial charge in [0.15, 0.2) is 0 Å². The number of H-pyrrole nitrogens is 1. The van der Waals surface area contributed by atoms with Crippen LogP contribution in [0.15, 0.2) is 18.2 Å². The molecule has 2 heterocycles. The van der Waals surface area contributed by atoms with E-state index in [2.05, 4.69) is 54.3 Å². The normalized spacial score (nSPS) is 21.6. The lowest BCUT2D eigenvalue weighted by atomic mass is 10.0. The summed E-state index contributed by atoms with van der Waals surface area (Å²) in [6, 6.07) is 7.25. The maximum Gasteiger partial charge on any atom is 0.0458 e. The van der Waals surface area contributed by atoms with Crippen LogP contribution in [0.25, 0.3) is 10.9 Å². The summed E-state index contributed by atoms with van der Waals surface area (Å²) >= 11 is 0. The SMILES string of the molecule is Cc1[nH]c2ccc(C3CN(C)CCN3)cc2c1C. The van der Waals surface area contributed by atoms with Gasteiger partial charge in [0.1, 0.15) is 0 Å². The second-order valence-corrected chi connectivity index (χ2v) is 5.45. The second kappa shape index (κ2) is 4.41. The lowest BCUT2D eigenvalue weighted by molar-refractivity contribution is 0.241. The van der Waals surface area contributed by atoms with Crippen LogP contribution in [0.4, 0.5) is 0 Å². The second-order valence-electron chi connectivity index (χ2n) is 5.45. The summed E-state index contributed by atoms with van der Waals surface area (Å²) in [5.74, 6) is 0. The van der Waals surface area contributed by atoms with Gasteiger partial charge in [-0.25, -0.2) is 0 Å². The Morgan fingerprint density at radius 2 is 2.11 bits per heavy atom. The van der Waals surface area contributed by atoms with Crippen molar-refractivity contribution in [2.75, 3.05) is 26.7 Å². The van der Waals surface area contributed by atoms with E-state index in [1.54, 1.807) is 0 Å². The number of aromatic amines is 1. The third kappa shape index (κ3) is 1.93. The number of piperazine rings is 1. The number of benzene rings is 1. The average Bonchev–Trinajstić information content (AvgIpc) is 2.65. The minimum atomic E-state index is 0.461. The smallest absolute Gasteiger partial charge is 0.0458 e. The predicted molar refractivity (Wildman–Crippen MR) is 76.0 cm³/mol. The Bertz CT molecular complexity index is 570. The van der Waals surface area contributed by atoms with Gasteiger partial charge in [0.2, 0.25) is 0 Å². The van der Waals surface area contributed by atoms with Gasteiger partial charge in [-0.05, 0) is 44.2 Å². The Balaban J connectivity index is 1.99. The van der Waals surface area contributed by atoms with Crippen molar-refractivity contribution in [3.63, 3.8) is 0 Å². The third-order valence-electron chi connectivity index (χ3n) is 4.11. The number of aryl methyl sites for hydroxylation is 2. The molecule has 0 spiro atoms. The first-order chi connectivity index (χ1) is 8.65. The van der Waals surface area contributed by atoms with Crippen LogP contribution in [0.1, 0.15) is 22.9 Å². The largest absolute Gasteiger partial charge is 0.358 e. The number of hydrogen-bond donors (Lipinski definition) is 2. The monoisotopic (exact) mass is 243 g/mol. The minimum absolute atomic E-state index is 0.461. The Morgan fingerprint density at radius 1 is 1.28 bits per heavy atom. The summed E-state index contributed by atoms with van der Waals surface area (Å²) in [7, 11) is 2.19. The van der Waals surface area contributed by atoms with E-state index in [4.69, 9.17) is 0 Å². The third-order valence-corrected chi connectivity index (χ3v) is 4.11. The Morgan fingerprint density at radius 3 is 2.89 bits per heavy atom. The molecular weight excluding hydrogens is 222 g/mol. The van der Waals surface area contributed by atoms with Crippen LogP contribution in [0, 0.1) is 13.8 Å². The van der Waals surface area contributed by atoms with Gasteiger partial charge in [-0.15, -0.1) is 0 Å². The Labute approximate surface area is 108 Å². The van der Waals surface area contributed by atoms with Gasteiger partial charge in [0, 0.05) is 42.3 Å². The van der Waals surface area contributed by atoms with E-state index in [-0.39, 0.29) is 0 Å². The summed E-state index contributed by atoms with van der Waals surface area (Å²) in [6.45, 7) is 7.64. The number of nitrogens with one attached hydrogen (secondary N) is 2. The van der Waals surface area contributed by atoms with Crippen molar-refractivity contribution in [1.29, 1.82) is 0 Å². The van der Waals surface area contributed by atoms with Crippen molar-refractivity contribution in [2.45, 2.75) is 19.9 Å². The number of likely N-dealkylation sites (N-methyl/N-ethyl adjacent to an activating group) is 1. The van der Waals surface area contributed by atoms with Gasteiger partial charge in [0.05, 0.1) is 0 Å². The van der Waals surface area contributed by atoms with Crippen LogP contribution in [-0.4, -0.2) is 36.6 Å². The van der Waals surface area contributed by atoms with E-state index in [9.17, 15) is 0 Å². The first-order valence-corrected chi connectivity index (χ1v) is 6.66. The molecule has 1 saturated heterocycles. The summed E-state index contributed by atoms with van der Waals surface area (Å²) in [4.78, 5) is 5.82. The molecule has 3 heteroatoms. The highest BCUT2D eigenvalue weighted by atomic mass is 15.2. The van der Waals surface area contributed by atoms with Crippen molar-refractivity contribution in [3.8, 4) is 0 Å². The van der Waals surface area contributed by atoms with Crippen molar-refractivity contribution in [1.82, 2.24) is 15.2 Å². The number of nitrogens with zero attached hydrogens (tertiary/aromatic N) is 1. The standard InChI is InChI=1S/C15H21N3/c1-10-11(2)17-14-5-4-12(8-13(10)14)15-9-18(3)7-6-16-15/h4-5,8,15-17H,6-7,9H2,1-3H3. The van der Waals surface area contributed by atoms with Crippen LogP contribution in [0.3, 0.4) is 0 Å². The zero-order valence-corrected chi connectivity index (χ0v) is 11.4. The number of fused-ring (bicyclic) bond motifs is 1. The first-order valence-electron chi connectivity index (χ1n) is 6.66. The Hall–Kier alpha value is -1.32. The molecule has 0 radical (unpaired) electrons. The van der Waals surface area contributed by atoms with E-state index in [0.717, 1.165) is 19.6 Å². The molecule has 3 rings (SSSR count). The zero-order valence-electron chi connectivity index (χ0n) is 11.4. The lowest BCUT2D eigenvalue weighted by Crippen LogP contribution is -2.43. The van der Waals surface area contributed by atoms with Crippen molar-refractivity contribution in [2.24, 2.45) is 0 Å². The molecular formula is C15H21N3. The molecule has 1 atom stereocenters. The van der Waals surface area contributed by atoms with Crippen LogP contribution in [0.2, 0.25) is 0 Å². The molecule has 1 aromatic carbocycles. The number of hydrogen-bond acceptors (Lipinski definition) is 2. The van der Waals surface area contributed by atoms with Crippen molar-refractivity contribution in [3.05, 3.63) is 35.0 Å². The van der Waals surface area contributed by atoms with Crippen LogP contribution < -0.4 is 5.32 Å². The topological polar surface area (TPSA) is 31.1 Å². The van der Waals surface area contributed by atoms with Gasteiger partial charge < -0.3 is 15.2 Å². The average molecular weight is 243 g/mol. The maximum absolute atomic E-state index is 3.60. The molecule has 1 aliphatic heterocycles.